The molecule has 0 aliphatic carbocycles. The number of benzene rings is 1. The van der Waals surface area contributed by atoms with Crippen LogP contribution in [0, 0.1) is 0 Å². The Kier molecular flexibility index (Phi) is 12.4. The van der Waals surface area contributed by atoms with Crippen LogP contribution in [0.4, 0.5) is 0 Å². The van der Waals surface area contributed by atoms with Gasteiger partial charge in [-0.1, -0.05) is 12.1 Å². The van der Waals surface area contributed by atoms with Gasteiger partial charge in [-0.3, -0.25) is 9.79 Å². The lowest BCUT2D eigenvalue weighted by atomic mass is 10.1. The highest BCUT2D eigenvalue weighted by atomic mass is 127. The molecule has 0 aliphatic rings. The van der Waals surface area contributed by atoms with Crippen LogP contribution in [-0.2, 0) is 11.2 Å². The number of carbonyl (C=O) groups is 1. The van der Waals surface area contributed by atoms with E-state index in [0.717, 1.165) is 44.1 Å². The average Bonchev–Trinajstić information content (AvgIpc) is 2.56. The van der Waals surface area contributed by atoms with E-state index in [1.54, 1.807) is 21.2 Å². The Balaban J connectivity index is 0.00000484. The molecule has 6 nitrogen and oxygen atoms in total. The molecule has 7 heteroatoms. The number of aliphatic imine (C=N–C) groups is 1. The van der Waals surface area contributed by atoms with Crippen LogP contribution >= 0.6 is 24.0 Å². The molecule has 0 saturated heterocycles. The van der Waals surface area contributed by atoms with Gasteiger partial charge in [-0.2, -0.15) is 0 Å². The second kappa shape index (κ2) is 13.1. The van der Waals surface area contributed by atoms with Gasteiger partial charge in [-0.15, -0.1) is 24.0 Å². The Morgan fingerprint density at radius 3 is 2.65 bits per heavy atom. The largest absolute Gasteiger partial charge is 0.385 e. The third-order valence-electron chi connectivity index (χ3n) is 3.16. The fraction of sp³-hybridized carbons (Fsp3) is 0.500. The molecule has 1 rings (SSSR count). The predicted molar refractivity (Wildman–Crippen MR) is 105 cm³/mol. The molecule has 0 radical (unpaired) electrons. The van der Waals surface area contributed by atoms with Crippen molar-refractivity contribution in [1.82, 2.24) is 16.0 Å². The van der Waals surface area contributed by atoms with Gasteiger partial charge in [0.05, 0.1) is 0 Å². The summed E-state index contributed by atoms with van der Waals surface area (Å²) >= 11 is 0. The van der Waals surface area contributed by atoms with Gasteiger partial charge >= 0.3 is 0 Å². The first-order chi connectivity index (χ1) is 10.7. The summed E-state index contributed by atoms with van der Waals surface area (Å²) in [6.45, 7) is 2.30. The average molecular weight is 434 g/mol. The van der Waals surface area contributed by atoms with E-state index in [1.807, 2.05) is 24.3 Å². The van der Waals surface area contributed by atoms with Crippen molar-refractivity contribution in [2.45, 2.75) is 12.8 Å². The van der Waals surface area contributed by atoms with Crippen molar-refractivity contribution < 1.29 is 9.53 Å². The summed E-state index contributed by atoms with van der Waals surface area (Å²) in [7, 11) is 5.08. The molecule has 1 aromatic carbocycles. The minimum atomic E-state index is -0.0644. The monoisotopic (exact) mass is 434 g/mol. The zero-order chi connectivity index (χ0) is 16.2. The maximum Gasteiger partial charge on any atom is 0.251 e. The minimum absolute atomic E-state index is 0. The van der Waals surface area contributed by atoms with Gasteiger partial charge < -0.3 is 20.7 Å². The standard InChI is InChI=1S/C16H26N4O2.HI/c1-17-15(21)14-7-4-6-13(12-14)8-10-20-16(18-2)19-9-5-11-22-3;/h4,6-7,12H,5,8-11H2,1-3H3,(H,17,21)(H2,18,19,20);1H. The summed E-state index contributed by atoms with van der Waals surface area (Å²) in [5.41, 5.74) is 1.80. The molecule has 0 atom stereocenters. The van der Waals surface area contributed by atoms with Gasteiger partial charge in [0, 0.05) is 46.5 Å². The zero-order valence-electron chi connectivity index (χ0n) is 14.0. The van der Waals surface area contributed by atoms with Gasteiger partial charge in [0.1, 0.15) is 0 Å². The number of nitrogens with one attached hydrogen (secondary N) is 3. The number of halogens is 1. The summed E-state index contributed by atoms with van der Waals surface area (Å²) in [4.78, 5) is 15.8. The molecule has 0 fully saturated rings. The Morgan fingerprint density at radius 1 is 1.26 bits per heavy atom. The van der Waals surface area contributed by atoms with E-state index in [-0.39, 0.29) is 29.9 Å². The fourth-order valence-corrected chi connectivity index (χ4v) is 1.98. The van der Waals surface area contributed by atoms with Gasteiger partial charge in [-0.05, 0) is 30.5 Å². The van der Waals surface area contributed by atoms with Gasteiger partial charge in [0.2, 0.25) is 0 Å². The summed E-state index contributed by atoms with van der Waals surface area (Å²) in [5.74, 6) is 0.712. The number of hydrogen-bond donors (Lipinski definition) is 3. The second-order valence-corrected chi connectivity index (χ2v) is 4.80. The number of nitrogens with zero attached hydrogens (tertiary/aromatic N) is 1. The summed E-state index contributed by atoms with van der Waals surface area (Å²) in [5, 5.41) is 9.11. The summed E-state index contributed by atoms with van der Waals surface area (Å²) in [6.07, 6.45) is 1.76. The lowest BCUT2D eigenvalue weighted by Gasteiger charge is -2.12. The van der Waals surface area contributed by atoms with E-state index in [1.165, 1.54) is 0 Å². The maximum absolute atomic E-state index is 11.6. The molecule has 0 aliphatic heterocycles. The van der Waals surface area contributed by atoms with Crippen LogP contribution in [0.25, 0.3) is 0 Å². The molecule has 0 unspecified atom stereocenters. The van der Waals surface area contributed by atoms with Crippen LogP contribution in [0.1, 0.15) is 22.3 Å². The van der Waals surface area contributed by atoms with Crippen molar-refractivity contribution in [3.05, 3.63) is 35.4 Å². The predicted octanol–water partition coefficient (Wildman–Crippen LogP) is 1.41. The third-order valence-corrected chi connectivity index (χ3v) is 3.16. The number of ether oxygens (including phenoxy) is 1. The molecule has 130 valence electrons. The number of hydrogen-bond acceptors (Lipinski definition) is 3. The minimum Gasteiger partial charge on any atom is -0.385 e. The molecule has 0 heterocycles. The number of methoxy groups -OCH3 is 1. The fourth-order valence-electron chi connectivity index (χ4n) is 1.98. The van der Waals surface area contributed by atoms with E-state index in [9.17, 15) is 4.79 Å². The van der Waals surface area contributed by atoms with Crippen molar-refractivity contribution in [3.8, 4) is 0 Å². The van der Waals surface area contributed by atoms with Crippen LogP contribution in [0.15, 0.2) is 29.3 Å². The molecule has 0 saturated carbocycles. The molecule has 23 heavy (non-hydrogen) atoms. The number of rotatable bonds is 8. The highest BCUT2D eigenvalue weighted by molar-refractivity contribution is 14.0. The first kappa shape index (κ1) is 21.6. The highest BCUT2D eigenvalue weighted by Gasteiger charge is 2.04. The van der Waals surface area contributed by atoms with E-state index in [4.69, 9.17) is 4.74 Å². The van der Waals surface area contributed by atoms with Crippen LogP contribution in [0.5, 0.6) is 0 Å². The lowest BCUT2D eigenvalue weighted by Crippen LogP contribution is -2.39. The van der Waals surface area contributed by atoms with E-state index in [2.05, 4.69) is 20.9 Å². The zero-order valence-corrected chi connectivity index (χ0v) is 16.3. The van der Waals surface area contributed by atoms with Crippen molar-refractivity contribution in [2.75, 3.05) is 40.9 Å². The van der Waals surface area contributed by atoms with Gasteiger partial charge in [-0.25, -0.2) is 0 Å². The van der Waals surface area contributed by atoms with Gasteiger partial charge in [0.25, 0.3) is 5.91 Å². The Hall–Kier alpha value is -1.35. The Labute approximate surface area is 155 Å². The van der Waals surface area contributed by atoms with Crippen molar-refractivity contribution in [1.29, 1.82) is 0 Å². The number of amides is 1. The van der Waals surface area contributed by atoms with Crippen molar-refractivity contribution >= 4 is 35.8 Å². The molecule has 3 N–H and O–H groups in total. The van der Waals surface area contributed by atoms with Crippen LogP contribution in [-0.4, -0.2) is 52.8 Å². The molecular formula is C16H27IN4O2. The van der Waals surface area contributed by atoms with E-state index < -0.39 is 0 Å². The number of guanidine groups is 1. The van der Waals surface area contributed by atoms with E-state index >= 15 is 0 Å². The van der Waals surface area contributed by atoms with Gasteiger partial charge in [0.15, 0.2) is 5.96 Å². The molecule has 0 aromatic heterocycles. The quantitative estimate of drug-likeness (QED) is 0.250. The molecule has 0 spiro atoms. The van der Waals surface area contributed by atoms with Crippen LogP contribution in [0.3, 0.4) is 0 Å². The highest BCUT2D eigenvalue weighted by Crippen LogP contribution is 2.05. The first-order valence-electron chi connectivity index (χ1n) is 7.45. The lowest BCUT2D eigenvalue weighted by molar-refractivity contribution is 0.0963. The third kappa shape index (κ3) is 8.75. The second-order valence-electron chi connectivity index (χ2n) is 4.80. The summed E-state index contributed by atoms with van der Waals surface area (Å²) in [6, 6.07) is 7.64. The first-order valence-corrected chi connectivity index (χ1v) is 7.45. The Bertz CT molecular complexity index is 495. The molecular weight excluding hydrogens is 407 g/mol. The molecule has 0 bridgehead atoms. The maximum atomic E-state index is 11.6. The topological polar surface area (TPSA) is 74.8 Å². The van der Waals surface area contributed by atoms with E-state index in [0.29, 0.717) is 5.56 Å². The Morgan fingerprint density at radius 2 is 2.00 bits per heavy atom. The van der Waals surface area contributed by atoms with Crippen LogP contribution in [0.2, 0.25) is 0 Å². The smallest absolute Gasteiger partial charge is 0.251 e. The van der Waals surface area contributed by atoms with Crippen molar-refractivity contribution in [3.63, 3.8) is 0 Å². The number of carbonyl (C=O) groups excluding carboxylic acids is 1. The normalized spacial score (nSPS) is 10.7. The molecule has 1 amide bonds. The SMILES string of the molecule is CN=C(NCCCOC)NCCc1cccc(C(=O)NC)c1.I. The summed E-state index contributed by atoms with van der Waals surface area (Å²) < 4.78 is 5.00. The molecule has 1 aromatic rings. The van der Waals surface area contributed by atoms with Crippen molar-refractivity contribution in [2.24, 2.45) is 4.99 Å². The van der Waals surface area contributed by atoms with Crippen LogP contribution < -0.4 is 16.0 Å².